The summed E-state index contributed by atoms with van der Waals surface area (Å²) in [5, 5.41) is 20.4. The molecule has 2 saturated heterocycles. The van der Waals surface area contributed by atoms with Crippen molar-refractivity contribution in [3.05, 3.63) is 42.0 Å². The van der Waals surface area contributed by atoms with Gasteiger partial charge in [0.05, 0.1) is 12.2 Å². The molecule has 0 saturated carbocycles. The molecule has 3 nitrogen and oxygen atoms in total. The quantitative estimate of drug-likeness (QED) is 0.886. The molecule has 3 rings (SSSR count). The molecule has 2 N–H and O–H groups in total. The van der Waals surface area contributed by atoms with Crippen LogP contribution in [0.4, 0.5) is 0 Å². The van der Waals surface area contributed by atoms with E-state index in [-0.39, 0.29) is 24.3 Å². The summed E-state index contributed by atoms with van der Waals surface area (Å²) in [6, 6.07) is 10.7. The van der Waals surface area contributed by atoms with Crippen LogP contribution >= 0.6 is 0 Å². The Morgan fingerprint density at radius 1 is 0.950 bits per heavy atom. The van der Waals surface area contributed by atoms with Crippen molar-refractivity contribution in [2.24, 2.45) is 0 Å². The van der Waals surface area contributed by atoms with Gasteiger partial charge in [0.1, 0.15) is 0 Å². The number of hydrogen-bond acceptors (Lipinski definition) is 3. The average molecular weight is 273 g/mol. The smallest absolute Gasteiger partial charge is 0.0696 e. The van der Waals surface area contributed by atoms with Gasteiger partial charge in [0.15, 0.2) is 0 Å². The standard InChI is InChI=1S/C17H23NO2/c19-16-10-11-17(20)15-9-8-14(16)18(15)12-4-7-13-5-2-1-3-6-13/h1-7,14-17,19-20H,8-12H2/b7-4+. The van der Waals surface area contributed by atoms with E-state index in [4.69, 9.17) is 0 Å². The van der Waals surface area contributed by atoms with Gasteiger partial charge in [0, 0.05) is 18.6 Å². The molecule has 1 aromatic rings. The van der Waals surface area contributed by atoms with Gasteiger partial charge in [-0.1, -0.05) is 42.5 Å². The van der Waals surface area contributed by atoms with Crippen LogP contribution in [-0.4, -0.2) is 45.9 Å². The summed E-state index contributed by atoms with van der Waals surface area (Å²) in [7, 11) is 0. The van der Waals surface area contributed by atoms with Gasteiger partial charge in [0.2, 0.25) is 0 Å². The highest BCUT2D eigenvalue weighted by Crippen LogP contribution is 2.34. The maximum atomic E-state index is 10.2. The molecular formula is C17H23NO2. The number of aliphatic hydroxyl groups is 2. The lowest BCUT2D eigenvalue weighted by Gasteiger charge is -2.30. The van der Waals surface area contributed by atoms with E-state index >= 15 is 0 Å². The summed E-state index contributed by atoms with van der Waals surface area (Å²) in [5.41, 5.74) is 1.19. The number of rotatable bonds is 3. The highest BCUT2D eigenvalue weighted by molar-refractivity contribution is 5.48. The second kappa shape index (κ2) is 6.08. The first-order chi connectivity index (χ1) is 9.75. The number of nitrogens with zero attached hydrogens (tertiary/aromatic N) is 1. The maximum Gasteiger partial charge on any atom is 0.0696 e. The first-order valence-electron chi connectivity index (χ1n) is 7.59. The van der Waals surface area contributed by atoms with E-state index in [1.165, 1.54) is 5.56 Å². The fourth-order valence-corrected chi connectivity index (χ4v) is 3.62. The zero-order valence-corrected chi connectivity index (χ0v) is 11.7. The predicted octanol–water partition coefficient (Wildman–Crippen LogP) is 2.05. The number of fused-ring (bicyclic) bond motifs is 2. The Bertz CT molecular complexity index is 441. The van der Waals surface area contributed by atoms with Gasteiger partial charge in [0.25, 0.3) is 0 Å². The van der Waals surface area contributed by atoms with Crippen LogP contribution in [-0.2, 0) is 0 Å². The Hall–Kier alpha value is -1.16. The SMILES string of the molecule is OC1CCC(O)C2CCC1N2C/C=C/c1ccccc1. The van der Waals surface area contributed by atoms with Gasteiger partial charge in [-0.15, -0.1) is 0 Å². The lowest BCUT2D eigenvalue weighted by Crippen LogP contribution is -2.43. The van der Waals surface area contributed by atoms with Crippen LogP contribution in [0, 0.1) is 0 Å². The van der Waals surface area contributed by atoms with E-state index < -0.39 is 0 Å². The van der Waals surface area contributed by atoms with E-state index in [1.807, 2.05) is 18.2 Å². The van der Waals surface area contributed by atoms with E-state index in [0.717, 1.165) is 32.2 Å². The van der Waals surface area contributed by atoms with Crippen LogP contribution in [0.1, 0.15) is 31.2 Å². The molecule has 2 aliphatic heterocycles. The summed E-state index contributed by atoms with van der Waals surface area (Å²) in [6.07, 6.45) is 7.13. The molecule has 0 amide bonds. The largest absolute Gasteiger partial charge is 0.391 e. The molecule has 108 valence electrons. The number of aliphatic hydroxyl groups excluding tert-OH is 2. The summed E-state index contributed by atoms with van der Waals surface area (Å²) in [5.74, 6) is 0. The van der Waals surface area contributed by atoms with Gasteiger partial charge < -0.3 is 10.2 Å². The van der Waals surface area contributed by atoms with Crippen LogP contribution in [0.25, 0.3) is 6.08 Å². The summed E-state index contributed by atoms with van der Waals surface area (Å²) in [4.78, 5) is 2.29. The molecule has 0 spiro atoms. The Balaban J connectivity index is 1.68. The molecule has 0 aromatic heterocycles. The fourth-order valence-electron chi connectivity index (χ4n) is 3.62. The minimum atomic E-state index is -0.290. The van der Waals surface area contributed by atoms with Crippen molar-refractivity contribution in [2.75, 3.05) is 6.54 Å². The summed E-state index contributed by atoms with van der Waals surface area (Å²) in [6.45, 7) is 0.804. The lowest BCUT2D eigenvalue weighted by atomic mass is 9.97. The molecule has 0 aliphatic carbocycles. The van der Waals surface area contributed by atoms with Crippen molar-refractivity contribution in [1.29, 1.82) is 0 Å². The van der Waals surface area contributed by atoms with Crippen LogP contribution in [0.3, 0.4) is 0 Å². The molecule has 2 heterocycles. The highest BCUT2D eigenvalue weighted by Gasteiger charge is 2.42. The fraction of sp³-hybridized carbons (Fsp3) is 0.529. The van der Waals surface area contributed by atoms with E-state index in [0.29, 0.717) is 0 Å². The Labute approximate surface area is 120 Å². The zero-order valence-electron chi connectivity index (χ0n) is 11.7. The third-order valence-electron chi connectivity index (χ3n) is 4.68. The minimum absolute atomic E-state index is 0.220. The first kappa shape index (κ1) is 13.8. The average Bonchev–Trinajstić information content (AvgIpc) is 2.85. The van der Waals surface area contributed by atoms with Crippen molar-refractivity contribution in [2.45, 2.75) is 50.0 Å². The minimum Gasteiger partial charge on any atom is -0.391 e. The Kier molecular flexibility index (Phi) is 4.20. The molecule has 20 heavy (non-hydrogen) atoms. The van der Waals surface area contributed by atoms with Gasteiger partial charge in [-0.25, -0.2) is 0 Å². The lowest BCUT2D eigenvalue weighted by molar-refractivity contribution is 0.0564. The van der Waals surface area contributed by atoms with Crippen molar-refractivity contribution in [3.63, 3.8) is 0 Å². The van der Waals surface area contributed by atoms with Crippen molar-refractivity contribution in [1.82, 2.24) is 4.90 Å². The molecular weight excluding hydrogens is 250 g/mol. The second-order valence-corrected chi connectivity index (χ2v) is 5.93. The molecule has 2 bridgehead atoms. The van der Waals surface area contributed by atoms with E-state index in [2.05, 4.69) is 29.2 Å². The molecule has 4 unspecified atom stereocenters. The van der Waals surface area contributed by atoms with Crippen LogP contribution in [0.5, 0.6) is 0 Å². The maximum absolute atomic E-state index is 10.2. The molecule has 4 atom stereocenters. The van der Waals surface area contributed by atoms with Crippen molar-refractivity contribution >= 4 is 6.08 Å². The third kappa shape index (κ3) is 2.80. The third-order valence-corrected chi connectivity index (χ3v) is 4.68. The highest BCUT2D eigenvalue weighted by atomic mass is 16.3. The summed E-state index contributed by atoms with van der Waals surface area (Å²) < 4.78 is 0. The molecule has 3 heteroatoms. The normalized spacial score (nSPS) is 34.5. The number of benzene rings is 1. The van der Waals surface area contributed by atoms with Gasteiger partial charge in [-0.2, -0.15) is 0 Å². The van der Waals surface area contributed by atoms with E-state index in [1.54, 1.807) is 0 Å². The van der Waals surface area contributed by atoms with Crippen molar-refractivity contribution < 1.29 is 10.2 Å². The van der Waals surface area contributed by atoms with Gasteiger partial charge in [-0.05, 0) is 31.2 Å². The molecule has 0 radical (unpaired) electrons. The van der Waals surface area contributed by atoms with Crippen LogP contribution < -0.4 is 0 Å². The van der Waals surface area contributed by atoms with Gasteiger partial charge in [-0.3, -0.25) is 4.90 Å². The summed E-state index contributed by atoms with van der Waals surface area (Å²) >= 11 is 0. The van der Waals surface area contributed by atoms with Gasteiger partial charge >= 0.3 is 0 Å². The van der Waals surface area contributed by atoms with Crippen molar-refractivity contribution in [3.8, 4) is 0 Å². The predicted molar refractivity (Wildman–Crippen MR) is 80.2 cm³/mol. The molecule has 2 fully saturated rings. The second-order valence-electron chi connectivity index (χ2n) is 5.93. The first-order valence-corrected chi connectivity index (χ1v) is 7.59. The Morgan fingerprint density at radius 3 is 2.15 bits per heavy atom. The molecule has 2 aliphatic rings. The zero-order chi connectivity index (χ0) is 13.9. The number of hydrogen-bond donors (Lipinski definition) is 2. The monoisotopic (exact) mass is 273 g/mol. The molecule has 1 aromatic carbocycles. The Morgan fingerprint density at radius 2 is 1.55 bits per heavy atom. The van der Waals surface area contributed by atoms with Crippen LogP contribution in [0.15, 0.2) is 36.4 Å². The van der Waals surface area contributed by atoms with E-state index in [9.17, 15) is 10.2 Å². The van der Waals surface area contributed by atoms with Crippen LogP contribution in [0.2, 0.25) is 0 Å². The topological polar surface area (TPSA) is 43.7 Å².